The van der Waals surface area contributed by atoms with Crippen LogP contribution in [0.2, 0.25) is 0 Å². The third-order valence-electron chi connectivity index (χ3n) is 6.52. The molecule has 4 rings (SSSR count). The molecule has 0 saturated carbocycles. The number of ether oxygens (including phenoxy) is 1. The van der Waals surface area contributed by atoms with E-state index >= 15 is 0 Å². The van der Waals surface area contributed by atoms with Gasteiger partial charge < -0.3 is 19.9 Å². The third-order valence-corrected chi connectivity index (χ3v) is 7.35. The zero-order valence-electron chi connectivity index (χ0n) is 24.3. The second-order valence-corrected chi connectivity index (χ2v) is 10.9. The minimum Gasteiger partial charge on any atom is -0.497 e. The second kappa shape index (κ2) is 14.0. The first-order valence-electron chi connectivity index (χ1n) is 13.3. The smallest absolute Gasteiger partial charge is 0.251 e. The van der Waals surface area contributed by atoms with Crippen LogP contribution in [0.3, 0.4) is 0 Å². The molecule has 8 nitrogen and oxygen atoms in total. The molecule has 1 N–H and O–H groups in total. The molecule has 0 aliphatic heterocycles. The first kappa shape index (κ1) is 30.5. The number of methoxy groups -OCH3 is 1. The summed E-state index contributed by atoms with van der Waals surface area (Å²) in [6.45, 7) is 3.87. The van der Waals surface area contributed by atoms with E-state index in [-0.39, 0.29) is 18.2 Å². The maximum atomic E-state index is 14.0. The van der Waals surface area contributed by atoms with Crippen molar-refractivity contribution in [2.75, 3.05) is 37.2 Å². The topological polar surface area (TPSA) is 87.7 Å². The van der Waals surface area contributed by atoms with Gasteiger partial charge in [0, 0.05) is 43.4 Å². The lowest BCUT2D eigenvalue weighted by atomic mass is 10.0. The van der Waals surface area contributed by atoms with Gasteiger partial charge in [0.05, 0.1) is 12.9 Å². The highest BCUT2D eigenvalue weighted by Crippen LogP contribution is 2.28. The Balaban J connectivity index is 1.69. The molecule has 1 atom stereocenters. The molecule has 2 amide bonds. The zero-order chi connectivity index (χ0) is 30.2. The van der Waals surface area contributed by atoms with Gasteiger partial charge in [-0.1, -0.05) is 36.0 Å². The first-order valence-corrected chi connectivity index (χ1v) is 14.3. The van der Waals surface area contributed by atoms with E-state index in [0.717, 1.165) is 22.6 Å². The Hall–Kier alpha value is -4.44. The van der Waals surface area contributed by atoms with Crippen molar-refractivity contribution in [2.24, 2.45) is 0 Å². The van der Waals surface area contributed by atoms with Gasteiger partial charge in [0.15, 0.2) is 5.16 Å². The van der Waals surface area contributed by atoms with Crippen LogP contribution in [0.1, 0.15) is 28.6 Å². The van der Waals surface area contributed by atoms with Crippen LogP contribution in [0.4, 0.5) is 15.8 Å². The molecule has 42 heavy (non-hydrogen) atoms. The number of aryl methyl sites for hydroxylation is 2. The molecule has 0 aliphatic carbocycles. The molecule has 0 radical (unpaired) electrons. The van der Waals surface area contributed by atoms with Crippen molar-refractivity contribution < 1.29 is 18.7 Å². The normalized spacial score (nSPS) is 11.5. The van der Waals surface area contributed by atoms with E-state index in [0.29, 0.717) is 22.2 Å². The molecular formula is C32H34FN5O3S. The molecule has 0 aliphatic rings. The van der Waals surface area contributed by atoms with Gasteiger partial charge >= 0.3 is 0 Å². The van der Waals surface area contributed by atoms with Crippen molar-refractivity contribution in [3.8, 4) is 5.75 Å². The minimum atomic E-state index is -1.05. The summed E-state index contributed by atoms with van der Waals surface area (Å²) in [5, 5.41) is 3.43. The highest BCUT2D eigenvalue weighted by atomic mass is 32.2. The number of hydrogen-bond donors (Lipinski definition) is 1. The minimum absolute atomic E-state index is 0.00154. The fourth-order valence-corrected chi connectivity index (χ4v) is 5.23. The number of nitrogens with one attached hydrogen (secondary N) is 1. The second-order valence-electron chi connectivity index (χ2n) is 9.98. The number of carbonyl (C=O) groups is 2. The van der Waals surface area contributed by atoms with Gasteiger partial charge in [-0.15, -0.1) is 0 Å². The van der Waals surface area contributed by atoms with Gasteiger partial charge in [-0.25, -0.2) is 14.4 Å². The molecule has 4 aromatic rings. The van der Waals surface area contributed by atoms with Crippen LogP contribution in [0.25, 0.3) is 0 Å². The molecule has 1 heterocycles. The molecule has 10 heteroatoms. The average Bonchev–Trinajstić information content (AvgIpc) is 2.96. The number of thioether (sulfide) groups is 1. The Morgan fingerprint density at radius 3 is 2.12 bits per heavy atom. The Kier molecular flexibility index (Phi) is 10.1. The van der Waals surface area contributed by atoms with Gasteiger partial charge in [0.1, 0.15) is 17.6 Å². The van der Waals surface area contributed by atoms with E-state index in [1.807, 2.05) is 63.2 Å². The molecular weight excluding hydrogens is 553 g/mol. The van der Waals surface area contributed by atoms with E-state index in [1.54, 1.807) is 31.4 Å². The number of carbonyl (C=O) groups excluding carboxylic acids is 2. The van der Waals surface area contributed by atoms with Crippen LogP contribution in [0.5, 0.6) is 5.75 Å². The molecule has 0 spiro atoms. The van der Waals surface area contributed by atoms with Crippen LogP contribution >= 0.6 is 11.8 Å². The number of nitrogens with zero attached hydrogens (tertiary/aromatic N) is 4. The zero-order valence-corrected chi connectivity index (χ0v) is 25.1. The summed E-state index contributed by atoms with van der Waals surface area (Å²) in [5.74, 6) is -0.484. The third kappa shape index (κ3) is 8.07. The number of hydrogen-bond acceptors (Lipinski definition) is 7. The summed E-state index contributed by atoms with van der Waals surface area (Å²) in [7, 11) is 5.45. The van der Waals surface area contributed by atoms with Gasteiger partial charge in [0.25, 0.3) is 5.91 Å². The van der Waals surface area contributed by atoms with E-state index in [9.17, 15) is 14.0 Å². The summed E-state index contributed by atoms with van der Waals surface area (Å²) >= 11 is 1.21. The predicted octanol–water partition coefficient (Wildman–Crippen LogP) is 5.81. The summed E-state index contributed by atoms with van der Waals surface area (Å²) in [6.07, 6.45) is 0. The molecule has 3 aromatic carbocycles. The fourth-order valence-electron chi connectivity index (χ4n) is 4.39. The van der Waals surface area contributed by atoms with Crippen LogP contribution < -0.4 is 15.0 Å². The molecule has 0 fully saturated rings. The number of aromatic nitrogens is 2. The Bertz CT molecular complexity index is 1490. The summed E-state index contributed by atoms with van der Waals surface area (Å²) < 4.78 is 19.2. The molecule has 0 saturated heterocycles. The van der Waals surface area contributed by atoms with Crippen molar-refractivity contribution in [1.29, 1.82) is 0 Å². The molecule has 1 aromatic heterocycles. The van der Waals surface area contributed by atoms with Crippen molar-refractivity contribution in [2.45, 2.75) is 31.6 Å². The maximum absolute atomic E-state index is 14.0. The van der Waals surface area contributed by atoms with Crippen molar-refractivity contribution in [1.82, 2.24) is 14.9 Å². The fraction of sp³-hybridized carbons (Fsp3) is 0.250. The van der Waals surface area contributed by atoms with Gasteiger partial charge in [0.2, 0.25) is 5.91 Å². The highest BCUT2D eigenvalue weighted by molar-refractivity contribution is 7.99. The number of anilines is 2. The summed E-state index contributed by atoms with van der Waals surface area (Å²) in [4.78, 5) is 40.2. The Labute approximate surface area is 249 Å². The summed E-state index contributed by atoms with van der Waals surface area (Å²) in [5.41, 5.74) is 4.44. The lowest BCUT2D eigenvalue weighted by molar-refractivity contribution is -0.137. The van der Waals surface area contributed by atoms with Crippen LogP contribution in [0.15, 0.2) is 84.0 Å². The van der Waals surface area contributed by atoms with Crippen molar-refractivity contribution in [3.05, 3.63) is 107 Å². The molecule has 218 valence electrons. The standard InChI is InChI=1S/C32H34FN5O3S/c1-21-18-22(2)35-32(34-21)42-20-29(39)38(19-23-6-16-28(41-5)17-7-23)30(24-8-10-25(33)11-9-24)31(40)36-26-12-14-27(15-13-26)37(3)4/h6-18,30H,19-20H2,1-5H3,(H,36,40)/t30-/m1/s1. The lowest BCUT2D eigenvalue weighted by Gasteiger charge is -2.31. The number of halogens is 1. The van der Waals surface area contributed by atoms with Gasteiger partial charge in [-0.2, -0.15) is 0 Å². The van der Waals surface area contributed by atoms with Gasteiger partial charge in [-0.05, 0) is 79.6 Å². The SMILES string of the molecule is COc1ccc(CN(C(=O)CSc2nc(C)cc(C)n2)[C@@H](C(=O)Nc2ccc(N(C)C)cc2)c2ccc(F)cc2)cc1. The van der Waals surface area contributed by atoms with E-state index in [2.05, 4.69) is 15.3 Å². The average molecular weight is 588 g/mol. The molecule has 0 bridgehead atoms. The maximum Gasteiger partial charge on any atom is 0.251 e. The van der Waals surface area contributed by atoms with E-state index in [4.69, 9.17) is 4.74 Å². The lowest BCUT2D eigenvalue weighted by Crippen LogP contribution is -2.41. The largest absolute Gasteiger partial charge is 0.497 e. The van der Waals surface area contributed by atoms with Gasteiger partial charge in [-0.3, -0.25) is 9.59 Å². The van der Waals surface area contributed by atoms with Crippen LogP contribution in [-0.4, -0.2) is 53.6 Å². The number of rotatable bonds is 11. The quantitative estimate of drug-likeness (QED) is 0.175. The monoisotopic (exact) mass is 587 g/mol. The Morgan fingerprint density at radius 1 is 0.929 bits per heavy atom. The number of benzene rings is 3. The van der Waals surface area contributed by atoms with E-state index < -0.39 is 17.8 Å². The highest BCUT2D eigenvalue weighted by Gasteiger charge is 2.32. The summed E-state index contributed by atoms with van der Waals surface area (Å²) in [6, 6.07) is 21.1. The van der Waals surface area contributed by atoms with Crippen LogP contribution in [-0.2, 0) is 16.1 Å². The van der Waals surface area contributed by atoms with E-state index in [1.165, 1.54) is 40.9 Å². The number of amides is 2. The van der Waals surface area contributed by atoms with Crippen LogP contribution in [0, 0.1) is 19.7 Å². The molecule has 0 unspecified atom stereocenters. The van der Waals surface area contributed by atoms with Crippen molar-refractivity contribution >= 4 is 35.0 Å². The van der Waals surface area contributed by atoms with Crippen molar-refractivity contribution in [3.63, 3.8) is 0 Å². The predicted molar refractivity (Wildman–Crippen MR) is 164 cm³/mol. The Morgan fingerprint density at radius 2 is 1.55 bits per heavy atom. The first-order chi connectivity index (χ1) is 20.1.